The van der Waals surface area contributed by atoms with Crippen LogP contribution in [-0.2, 0) is 14.2 Å². The van der Waals surface area contributed by atoms with Gasteiger partial charge in [-0.3, -0.25) is 0 Å². The van der Waals surface area contributed by atoms with Gasteiger partial charge in [-0.25, -0.2) is 9.18 Å². The molecule has 1 aliphatic carbocycles. The summed E-state index contributed by atoms with van der Waals surface area (Å²) in [4.78, 5) is 14.3. The Balaban J connectivity index is 1.28. The van der Waals surface area contributed by atoms with Crippen molar-refractivity contribution in [3.05, 3.63) is 24.0 Å². The van der Waals surface area contributed by atoms with Gasteiger partial charge in [0.1, 0.15) is 5.82 Å². The van der Waals surface area contributed by atoms with Crippen LogP contribution in [0.25, 0.3) is 0 Å². The molecule has 8 nitrogen and oxygen atoms in total. The largest absolute Gasteiger partial charge is 0.388 e. The first-order chi connectivity index (χ1) is 14.8. The number of nitrogens with one attached hydrogen (secondary N) is 2. The van der Waals surface area contributed by atoms with Crippen molar-refractivity contribution >= 4 is 17.4 Å². The summed E-state index contributed by atoms with van der Waals surface area (Å²) in [6.45, 7) is 6.44. The fourth-order valence-corrected chi connectivity index (χ4v) is 4.69. The molecule has 2 amide bonds. The SMILES string of the molecule is C[C@H]1CN(c2ccc(NC(=O)NCC3(O)CCC4(CC3)OCCO4)cc2F)C[C@H](C)O1. The quantitative estimate of drug-likeness (QED) is 0.671. The van der Waals surface area contributed by atoms with Crippen molar-refractivity contribution in [1.29, 1.82) is 0 Å². The highest BCUT2D eigenvalue weighted by Crippen LogP contribution is 2.40. The first-order valence-corrected chi connectivity index (χ1v) is 11.0. The van der Waals surface area contributed by atoms with E-state index in [9.17, 15) is 14.3 Å². The number of halogens is 1. The molecule has 3 N–H and O–H groups in total. The van der Waals surface area contributed by atoms with Crippen LogP contribution in [0, 0.1) is 5.82 Å². The van der Waals surface area contributed by atoms with E-state index in [1.54, 1.807) is 12.1 Å². The topological polar surface area (TPSA) is 92.3 Å². The van der Waals surface area contributed by atoms with E-state index in [1.807, 2.05) is 18.7 Å². The minimum absolute atomic E-state index is 0.0268. The van der Waals surface area contributed by atoms with Gasteiger partial charge in [0, 0.05) is 38.2 Å². The highest BCUT2D eigenvalue weighted by atomic mass is 19.1. The Labute approximate surface area is 182 Å². The Morgan fingerprint density at radius 3 is 2.42 bits per heavy atom. The zero-order chi connectivity index (χ0) is 22.1. The molecule has 1 spiro atoms. The minimum Gasteiger partial charge on any atom is -0.388 e. The normalized spacial score (nSPS) is 27.3. The van der Waals surface area contributed by atoms with Crippen LogP contribution in [-0.4, -0.2) is 67.6 Å². The molecular weight excluding hydrogens is 405 g/mol. The second-order valence-electron chi connectivity index (χ2n) is 8.97. The maximum absolute atomic E-state index is 14.7. The van der Waals surface area contributed by atoms with Crippen LogP contribution in [0.15, 0.2) is 18.2 Å². The third-order valence-electron chi connectivity index (χ3n) is 6.30. The molecule has 1 aromatic rings. The maximum Gasteiger partial charge on any atom is 0.319 e. The highest BCUT2D eigenvalue weighted by molar-refractivity contribution is 5.89. The molecule has 2 atom stereocenters. The van der Waals surface area contributed by atoms with Crippen molar-refractivity contribution in [3.63, 3.8) is 0 Å². The fraction of sp³-hybridized carbons (Fsp3) is 0.682. The number of rotatable bonds is 4. The molecule has 0 bridgehead atoms. The summed E-state index contributed by atoms with van der Waals surface area (Å²) in [5, 5.41) is 16.1. The average molecular weight is 438 g/mol. The van der Waals surface area contributed by atoms with Gasteiger partial charge in [0.25, 0.3) is 0 Å². The van der Waals surface area contributed by atoms with Crippen molar-refractivity contribution in [2.45, 2.75) is 63.1 Å². The molecule has 1 saturated carbocycles. The van der Waals surface area contributed by atoms with Gasteiger partial charge in [-0.2, -0.15) is 0 Å². The second-order valence-corrected chi connectivity index (χ2v) is 8.97. The Kier molecular flexibility index (Phi) is 6.39. The van der Waals surface area contributed by atoms with Gasteiger partial charge in [-0.15, -0.1) is 0 Å². The molecule has 3 aliphatic rings. The zero-order valence-corrected chi connectivity index (χ0v) is 18.2. The number of morpholine rings is 1. The lowest BCUT2D eigenvalue weighted by atomic mass is 9.81. The number of carbonyl (C=O) groups is 1. The standard InChI is InChI=1S/C22H32FN3O5/c1-15-12-26(13-16(2)31-15)19-4-3-17(11-18(19)23)25-20(27)24-14-21(28)5-7-22(8-6-21)29-9-10-30-22/h3-4,11,15-16,28H,5-10,12-14H2,1-2H3,(H2,24,25,27)/t15-,16-/m0/s1. The van der Waals surface area contributed by atoms with Crippen molar-refractivity contribution in [2.75, 3.05) is 43.1 Å². The molecule has 2 heterocycles. The van der Waals surface area contributed by atoms with E-state index in [-0.39, 0.29) is 18.8 Å². The summed E-state index contributed by atoms with van der Waals surface area (Å²) >= 11 is 0. The summed E-state index contributed by atoms with van der Waals surface area (Å²) in [6, 6.07) is 4.18. The maximum atomic E-state index is 14.7. The molecule has 9 heteroatoms. The van der Waals surface area contributed by atoms with Crippen molar-refractivity contribution in [2.24, 2.45) is 0 Å². The number of ether oxygens (including phenoxy) is 3. The number of urea groups is 1. The molecule has 0 radical (unpaired) electrons. The number of hydrogen-bond acceptors (Lipinski definition) is 6. The third-order valence-corrected chi connectivity index (χ3v) is 6.30. The number of aliphatic hydroxyl groups is 1. The van der Waals surface area contributed by atoms with E-state index in [0.29, 0.717) is 63.4 Å². The monoisotopic (exact) mass is 437 g/mol. The molecule has 4 rings (SSSR count). The summed E-state index contributed by atoms with van der Waals surface area (Å²) in [5.41, 5.74) is -0.151. The minimum atomic E-state index is -1.00. The second kappa shape index (κ2) is 8.90. The summed E-state index contributed by atoms with van der Waals surface area (Å²) in [6.07, 6.45) is 2.20. The number of nitrogens with zero attached hydrogens (tertiary/aromatic N) is 1. The van der Waals surface area contributed by atoms with Crippen LogP contribution in [0.4, 0.5) is 20.6 Å². The molecular formula is C22H32FN3O5. The van der Waals surface area contributed by atoms with Crippen LogP contribution in [0.3, 0.4) is 0 Å². The Bertz CT molecular complexity index is 781. The van der Waals surface area contributed by atoms with E-state index in [0.717, 1.165) is 0 Å². The number of anilines is 2. The van der Waals surface area contributed by atoms with E-state index < -0.39 is 23.2 Å². The Morgan fingerprint density at radius 1 is 1.16 bits per heavy atom. The summed E-state index contributed by atoms with van der Waals surface area (Å²) in [7, 11) is 0. The molecule has 172 valence electrons. The lowest BCUT2D eigenvalue weighted by molar-refractivity contribution is -0.201. The molecule has 3 fully saturated rings. The van der Waals surface area contributed by atoms with Gasteiger partial charge < -0.3 is 34.9 Å². The van der Waals surface area contributed by atoms with Gasteiger partial charge in [0.2, 0.25) is 0 Å². The average Bonchev–Trinajstić information content (AvgIpc) is 3.17. The molecule has 1 aromatic carbocycles. The highest BCUT2D eigenvalue weighted by Gasteiger charge is 2.45. The van der Waals surface area contributed by atoms with E-state index in [1.165, 1.54) is 6.07 Å². The van der Waals surface area contributed by atoms with E-state index in [2.05, 4.69) is 10.6 Å². The van der Waals surface area contributed by atoms with Gasteiger partial charge in [-0.1, -0.05) is 0 Å². The van der Waals surface area contributed by atoms with Gasteiger partial charge >= 0.3 is 6.03 Å². The lowest BCUT2D eigenvalue weighted by Crippen LogP contribution is -2.50. The molecule has 31 heavy (non-hydrogen) atoms. The van der Waals surface area contributed by atoms with Crippen LogP contribution in [0.5, 0.6) is 0 Å². The van der Waals surface area contributed by atoms with Crippen molar-refractivity contribution < 1.29 is 28.5 Å². The van der Waals surface area contributed by atoms with Crippen LogP contribution in [0.1, 0.15) is 39.5 Å². The third kappa shape index (κ3) is 5.28. The molecule has 0 aromatic heterocycles. The van der Waals surface area contributed by atoms with E-state index >= 15 is 0 Å². The van der Waals surface area contributed by atoms with Crippen molar-refractivity contribution in [1.82, 2.24) is 5.32 Å². The van der Waals surface area contributed by atoms with Gasteiger partial charge in [-0.05, 0) is 44.9 Å². The fourth-order valence-electron chi connectivity index (χ4n) is 4.69. The summed E-state index contributed by atoms with van der Waals surface area (Å²) < 4.78 is 31.8. The Hall–Kier alpha value is -1.94. The smallest absolute Gasteiger partial charge is 0.319 e. The predicted molar refractivity (Wildman–Crippen MR) is 114 cm³/mol. The lowest BCUT2D eigenvalue weighted by Gasteiger charge is -2.40. The first kappa shape index (κ1) is 22.3. The number of benzene rings is 1. The predicted octanol–water partition coefficient (Wildman–Crippen LogP) is 2.61. The van der Waals surface area contributed by atoms with E-state index in [4.69, 9.17) is 14.2 Å². The number of carbonyl (C=O) groups excluding carboxylic acids is 1. The van der Waals surface area contributed by atoms with Crippen LogP contribution < -0.4 is 15.5 Å². The van der Waals surface area contributed by atoms with Crippen LogP contribution in [0.2, 0.25) is 0 Å². The van der Waals surface area contributed by atoms with Gasteiger partial charge in [0.15, 0.2) is 5.79 Å². The Morgan fingerprint density at radius 2 is 1.81 bits per heavy atom. The number of amides is 2. The first-order valence-electron chi connectivity index (χ1n) is 11.0. The molecule has 0 unspecified atom stereocenters. The van der Waals surface area contributed by atoms with Crippen LogP contribution >= 0.6 is 0 Å². The zero-order valence-electron chi connectivity index (χ0n) is 18.2. The molecule has 2 saturated heterocycles. The molecule has 2 aliphatic heterocycles. The van der Waals surface area contributed by atoms with Crippen molar-refractivity contribution in [3.8, 4) is 0 Å². The number of hydrogen-bond donors (Lipinski definition) is 3. The van der Waals surface area contributed by atoms with Gasteiger partial charge in [0.05, 0.1) is 36.7 Å². The summed E-state index contributed by atoms with van der Waals surface area (Å²) in [5.74, 6) is -0.962.